The van der Waals surface area contributed by atoms with Crippen LogP contribution in [0.3, 0.4) is 0 Å². The number of ether oxygens (including phenoxy) is 1. The maximum absolute atomic E-state index is 13.1. The molecule has 25 heavy (non-hydrogen) atoms. The van der Waals surface area contributed by atoms with Gasteiger partial charge in [0.05, 0.1) is 28.2 Å². The van der Waals surface area contributed by atoms with E-state index in [1.807, 2.05) is 12.1 Å². The Morgan fingerprint density at radius 3 is 2.60 bits per heavy atom. The van der Waals surface area contributed by atoms with E-state index < -0.39 is 0 Å². The molecule has 1 amide bonds. The van der Waals surface area contributed by atoms with Gasteiger partial charge in [-0.15, -0.1) is 0 Å². The molecule has 2 aromatic rings. The van der Waals surface area contributed by atoms with E-state index in [0.29, 0.717) is 27.6 Å². The molecule has 1 N–H and O–H groups in total. The van der Waals surface area contributed by atoms with Crippen molar-refractivity contribution in [3.63, 3.8) is 0 Å². The highest BCUT2D eigenvalue weighted by Gasteiger charge is 2.68. The third-order valence-corrected chi connectivity index (χ3v) is 6.46. The largest absolute Gasteiger partial charge is 0.373 e. The summed E-state index contributed by atoms with van der Waals surface area (Å²) in [6.45, 7) is 0. The zero-order valence-corrected chi connectivity index (χ0v) is 14.7. The van der Waals surface area contributed by atoms with E-state index in [2.05, 4.69) is 10.3 Å². The van der Waals surface area contributed by atoms with Gasteiger partial charge in [0.25, 0.3) is 0 Å². The summed E-state index contributed by atoms with van der Waals surface area (Å²) in [6, 6.07) is 9.12. The first-order valence-corrected chi connectivity index (χ1v) is 9.20. The zero-order valence-electron chi connectivity index (χ0n) is 13.2. The van der Waals surface area contributed by atoms with E-state index in [9.17, 15) is 4.79 Å². The van der Waals surface area contributed by atoms with Gasteiger partial charge in [0, 0.05) is 24.0 Å². The Morgan fingerprint density at radius 1 is 1.08 bits per heavy atom. The lowest BCUT2D eigenvalue weighted by molar-refractivity contribution is -0.122. The Kier molecular flexibility index (Phi) is 3.56. The van der Waals surface area contributed by atoms with Gasteiger partial charge in [-0.1, -0.05) is 23.2 Å². The smallest absolute Gasteiger partial charge is 0.230 e. The maximum Gasteiger partial charge on any atom is 0.230 e. The lowest BCUT2D eigenvalue weighted by atomic mass is 9.75. The first kappa shape index (κ1) is 15.6. The molecular weight excluding hydrogens is 359 g/mol. The third kappa shape index (κ3) is 2.47. The number of carbonyl (C=O) groups excluding carboxylic acids is 1. The number of carbonyl (C=O) groups is 1. The summed E-state index contributed by atoms with van der Waals surface area (Å²) in [5, 5.41) is 3.90. The van der Waals surface area contributed by atoms with Crippen LogP contribution in [-0.2, 0) is 9.53 Å². The molecule has 128 valence electrons. The monoisotopic (exact) mass is 374 g/mol. The molecule has 0 radical (unpaired) electrons. The minimum Gasteiger partial charge on any atom is -0.373 e. The predicted octanol–water partition coefficient (Wildman–Crippen LogP) is 4.14. The fourth-order valence-corrected chi connectivity index (χ4v) is 4.88. The number of amides is 1. The molecule has 1 aromatic heterocycles. The van der Waals surface area contributed by atoms with Crippen LogP contribution in [0, 0.1) is 17.8 Å². The Balaban J connectivity index is 1.44. The number of benzene rings is 1. The molecule has 2 aliphatic heterocycles. The molecule has 2 saturated heterocycles. The van der Waals surface area contributed by atoms with Gasteiger partial charge in [-0.05, 0) is 54.2 Å². The molecule has 4 nitrogen and oxygen atoms in total. The van der Waals surface area contributed by atoms with Crippen molar-refractivity contribution in [3.05, 3.63) is 58.3 Å². The van der Waals surface area contributed by atoms with Crippen LogP contribution in [-0.4, -0.2) is 23.1 Å². The second kappa shape index (κ2) is 5.70. The Morgan fingerprint density at radius 2 is 1.84 bits per heavy atom. The van der Waals surface area contributed by atoms with Crippen molar-refractivity contribution >= 4 is 34.8 Å². The van der Waals surface area contributed by atoms with Crippen molar-refractivity contribution in [3.8, 4) is 0 Å². The van der Waals surface area contributed by atoms with Crippen molar-refractivity contribution in [2.75, 3.05) is 5.32 Å². The summed E-state index contributed by atoms with van der Waals surface area (Å²) >= 11 is 12.0. The average molecular weight is 375 g/mol. The second-order valence-electron chi connectivity index (χ2n) is 7.08. The van der Waals surface area contributed by atoms with Crippen LogP contribution in [0.25, 0.3) is 0 Å². The van der Waals surface area contributed by atoms with Crippen LogP contribution >= 0.6 is 23.2 Å². The van der Waals surface area contributed by atoms with Crippen molar-refractivity contribution < 1.29 is 9.53 Å². The number of pyridine rings is 1. The highest BCUT2D eigenvalue weighted by molar-refractivity contribution is 6.42. The number of aromatic nitrogens is 1. The summed E-state index contributed by atoms with van der Waals surface area (Å²) in [5.74, 6) is 1.02. The molecule has 1 aromatic carbocycles. The number of hydrogen-bond acceptors (Lipinski definition) is 3. The zero-order chi connectivity index (χ0) is 17.1. The minimum absolute atomic E-state index is 0.0101. The molecule has 3 fully saturated rings. The van der Waals surface area contributed by atoms with Gasteiger partial charge in [0.15, 0.2) is 0 Å². The van der Waals surface area contributed by atoms with E-state index in [1.54, 1.807) is 30.6 Å². The standard InChI is InChI=1S/C19H16Cl2N2O2/c20-13-2-1-10(7-14(13)21)23-19(24)16-15(9-3-5-22-6-4-9)17-11-8-12(11)18(16)25-17/h1-7,11-12,15-18H,8H2,(H,23,24). The van der Waals surface area contributed by atoms with Crippen LogP contribution < -0.4 is 5.32 Å². The van der Waals surface area contributed by atoms with Crippen LogP contribution in [0.4, 0.5) is 5.69 Å². The maximum atomic E-state index is 13.1. The second-order valence-corrected chi connectivity index (χ2v) is 7.89. The van der Waals surface area contributed by atoms with Crippen LogP contribution in [0.5, 0.6) is 0 Å². The average Bonchev–Trinajstić information content (AvgIpc) is 3.23. The van der Waals surface area contributed by atoms with E-state index >= 15 is 0 Å². The van der Waals surface area contributed by atoms with E-state index in [1.165, 1.54) is 6.42 Å². The number of nitrogens with zero attached hydrogens (tertiary/aromatic N) is 1. The third-order valence-electron chi connectivity index (χ3n) is 5.73. The number of anilines is 1. The Labute approximate surface area is 155 Å². The molecule has 1 aliphatic carbocycles. The lowest BCUT2D eigenvalue weighted by Crippen LogP contribution is -2.37. The summed E-state index contributed by atoms with van der Waals surface area (Å²) in [4.78, 5) is 17.2. The number of hydrogen-bond donors (Lipinski definition) is 1. The normalized spacial score (nSPS) is 34.6. The molecule has 5 rings (SSSR count). The quantitative estimate of drug-likeness (QED) is 0.877. The van der Waals surface area contributed by atoms with E-state index in [4.69, 9.17) is 27.9 Å². The molecule has 3 heterocycles. The number of nitrogens with one attached hydrogen (secondary N) is 1. The van der Waals surface area contributed by atoms with Crippen molar-refractivity contribution in [2.45, 2.75) is 24.5 Å². The SMILES string of the molecule is O=C(Nc1ccc(Cl)c(Cl)c1)C1C2OC(C3CC32)C1c1ccncc1. The number of fused-ring (bicyclic) bond motifs is 5. The van der Waals surface area contributed by atoms with E-state index in [0.717, 1.165) is 5.56 Å². The Bertz CT molecular complexity index is 845. The molecule has 6 heteroatoms. The van der Waals surface area contributed by atoms with Gasteiger partial charge in [0.2, 0.25) is 5.91 Å². The molecule has 0 spiro atoms. The molecule has 2 bridgehead atoms. The van der Waals surface area contributed by atoms with Gasteiger partial charge in [-0.25, -0.2) is 0 Å². The first-order valence-electron chi connectivity index (χ1n) is 8.45. The van der Waals surface area contributed by atoms with Gasteiger partial charge in [-0.2, -0.15) is 0 Å². The fraction of sp³-hybridized carbons (Fsp3) is 0.368. The number of rotatable bonds is 3. The molecule has 1 saturated carbocycles. The molecule has 3 aliphatic rings. The summed E-state index contributed by atoms with van der Waals surface area (Å²) < 4.78 is 6.19. The summed E-state index contributed by atoms with van der Waals surface area (Å²) in [6.07, 6.45) is 4.88. The van der Waals surface area contributed by atoms with Crippen molar-refractivity contribution in [1.29, 1.82) is 0 Å². The van der Waals surface area contributed by atoms with E-state index in [-0.39, 0.29) is 30.0 Å². The number of halogens is 2. The fourth-order valence-electron chi connectivity index (χ4n) is 4.58. The minimum atomic E-state index is -0.189. The summed E-state index contributed by atoms with van der Waals surface area (Å²) in [7, 11) is 0. The van der Waals surface area contributed by atoms with Gasteiger partial charge < -0.3 is 10.1 Å². The highest BCUT2D eigenvalue weighted by Crippen LogP contribution is 2.65. The van der Waals surface area contributed by atoms with Gasteiger partial charge in [-0.3, -0.25) is 9.78 Å². The topological polar surface area (TPSA) is 51.2 Å². The molecular formula is C19H16Cl2N2O2. The van der Waals surface area contributed by atoms with Crippen LogP contribution in [0.15, 0.2) is 42.7 Å². The van der Waals surface area contributed by atoms with Crippen LogP contribution in [0.2, 0.25) is 10.0 Å². The first-order chi connectivity index (χ1) is 12.1. The predicted molar refractivity (Wildman–Crippen MR) is 95.8 cm³/mol. The molecule has 6 unspecified atom stereocenters. The van der Waals surface area contributed by atoms with Crippen molar-refractivity contribution in [1.82, 2.24) is 4.98 Å². The van der Waals surface area contributed by atoms with Gasteiger partial charge in [0.1, 0.15) is 0 Å². The van der Waals surface area contributed by atoms with Crippen LogP contribution in [0.1, 0.15) is 17.9 Å². The van der Waals surface area contributed by atoms with Gasteiger partial charge >= 0.3 is 0 Å². The molecule has 6 atom stereocenters. The van der Waals surface area contributed by atoms with Crippen molar-refractivity contribution in [2.24, 2.45) is 17.8 Å². The summed E-state index contributed by atoms with van der Waals surface area (Å²) in [5.41, 5.74) is 1.78. The lowest BCUT2D eigenvalue weighted by Gasteiger charge is -2.27. The highest BCUT2D eigenvalue weighted by atomic mass is 35.5. The Hall–Kier alpha value is -1.62.